The molecule has 0 radical (unpaired) electrons. The van der Waals surface area contributed by atoms with Crippen LogP contribution in [0.3, 0.4) is 0 Å². The highest BCUT2D eigenvalue weighted by Crippen LogP contribution is 2.28. The van der Waals surface area contributed by atoms with E-state index in [4.69, 9.17) is 8.83 Å². The van der Waals surface area contributed by atoms with Crippen LogP contribution in [0.25, 0.3) is 11.5 Å². The van der Waals surface area contributed by atoms with Crippen molar-refractivity contribution in [3.05, 3.63) is 47.9 Å². The molecule has 0 aliphatic heterocycles. The molecule has 0 saturated heterocycles. The quantitative estimate of drug-likeness (QED) is 0.703. The highest BCUT2D eigenvalue weighted by atomic mass is 32.2. The second kappa shape index (κ2) is 6.92. The van der Waals surface area contributed by atoms with E-state index >= 15 is 0 Å². The summed E-state index contributed by atoms with van der Waals surface area (Å²) in [5, 5.41) is 10.9. The van der Waals surface area contributed by atoms with Gasteiger partial charge in [-0.3, -0.25) is 4.79 Å². The second-order valence-electron chi connectivity index (χ2n) is 5.33. The molecule has 24 heavy (non-hydrogen) atoms. The Bertz CT molecular complexity index is 856. The number of nitrogens with zero attached hydrogens (tertiary/aromatic N) is 2. The Balaban J connectivity index is 1.66. The maximum atomic E-state index is 12.3. The summed E-state index contributed by atoms with van der Waals surface area (Å²) < 4.78 is 10.8. The van der Waals surface area contributed by atoms with Crippen LogP contribution >= 0.6 is 11.8 Å². The number of furan rings is 1. The predicted molar refractivity (Wildman–Crippen MR) is 91.9 cm³/mol. The molecule has 3 aromatic rings. The lowest BCUT2D eigenvalue weighted by Crippen LogP contribution is -2.22. The van der Waals surface area contributed by atoms with Crippen molar-refractivity contribution >= 4 is 23.4 Å². The SMILES string of the molecule is Cc1ccccc1NC(=O)[C@H](C)Sc1nnc(-c2ccoc2C)o1. The van der Waals surface area contributed by atoms with Crippen molar-refractivity contribution in [3.63, 3.8) is 0 Å². The fourth-order valence-corrected chi connectivity index (χ4v) is 2.81. The van der Waals surface area contributed by atoms with E-state index in [0.29, 0.717) is 16.9 Å². The Morgan fingerprint density at radius 1 is 1.21 bits per heavy atom. The van der Waals surface area contributed by atoms with Gasteiger partial charge in [0.15, 0.2) is 0 Å². The molecule has 0 spiro atoms. The lowest BCUT2D eigenvalue weighted by Gasteiger charge is -2.11. The van der Waals surface area contributed by atoms with Gasteiger partial charge < -0.3 is 14.2 Å². The van der Waals surface area contributed by atoms with Gasteiger partial charge in [0, 0.05) is 5.69 Å². The summed E-state index contributed by atoms with van der Waals surface area (Å²) in [5.74, 6) is 0.976. The van der Waals surface area contributed by atoms with Crippen molar-refractivity contribution in [2.24, 2.45) is 0 Å². The van der Waals surface area contributed by atoms with Crippen molar-refractivity contribution in [2.75, 3.05) is 5.32 Å². The molecular formula is C17H17N3O3S. The van der Waals surface area contributed by atoms with Crippen molar-refractivity contribution in [3.8, 4) is 11.5 Å². The number of aromatic nitrogens is 2. The maximum Gasteiger partial charge on any atom is 0.277 e. The molecule has 0 aliphatic carbocycles. The molecular weight excluding hydrogens is 326 g/mol. The highest BCUT2D eigenvalue weighted by Gasteiger charge is 2.20. The molecule has 1 N–H and O–H groups in total. The van der Waals surface area contributed by atoms with Crippen LogP contribution in [0.5, 0.6) is 0 Å². The van der Waals surface area contributed by atoms with Crippen LogP contribution in [-0.2, 0) is 4.79 Å². The minimum Gasteiger partial charge on any atom is -0.469 e. The van der Waals surface area contributed by atoms with Crippen LogP contribution in [-0.4, -0.2) is 21.4 Å². The second-order valence-corrected chi connectivity index (χ2v) is 6.62. The molecule has 0 fully saturated rings. The summed E-state index contributed by atoms with van der Waals surface area (Å²) in [6.45, 7) is 5.57. The molecule has 0 bridgehead atoms. The number of hydrogen-bond acceptors (Lipinski definition) is 6. The standard InChI is InChI=1S/C17H17N3O3S/c1-10-6-4-5-7-14(10)18-15(21)12(3)24-17-20-19-16(23-17)13-8-9-22-11(13)2/h4-9,12H,1-3H3,(H,18,21)/t12-/m0/s1. The third kappa shape index (κ3) is 3.51. The monoisotopic (exact) mass is 343 g/mol. The molecule has 0 aliphatic rings. The van der Waals surface area contributed by atoms with Crippen LogP contribution in [0.4, 0.5) is 5.69 Å². The van der Waals surface area contributed by atoms with Crippen molar-refractivity contribution < 1.29 is 13.6 Å². The Labute approximate surface area is 143 Å². The molecule has 0 unspecified atom stereocenters. The van der Waals surface area contributed by atoms with Gasteiger partial charge >= 0.3 is 0 Å². The normalized spacial score (nSPS) is 12.1. The van der Waals surface area contributed by atoms with Gasteiger partial charge in [-0.15, -0.1) is 10.2 Å². The van der Waals surface area contributed by atoms with Gasteiger partial charge in [-0.25, -0.2) is 0 Å². The molecule has 0 saturated carbocycles. The van der Waals surface area contributed by atoms with E-state index in [2.05, 4.69) is 15.5 Å². The van der Waals surface area contributed by atoms with E-state index in [1.807, 2.05) is 38.1 Å². The maximum absolute atomic E-state index is 12.3. The molecule has 2 aromatic heterocycles. The third-order valence-electron chi connectivity index (χ3n) is 3.55. The zero-order valence-corrected chi connectivity index (χ0v) is 14.4. The Morgan fingerprint density at radius 3 is 2.71 bits per heavy atom. The van der Waals surface area contributed by atoms with E-state index in [0.717, 1.165) is 16.8 Å². The number of hydrogen-bond donors (Lipinski definition) is 1. The molecule has 124 valence electrons. The number of carbonyl (C=O) groups excluding carboxylic acids is 1. The number of thioether (sulfide) groups is 1. The molecule has 6 nitrogen and oxygen atoms in total. The fourth-order valence-electron chi connectivity index (χ4n) is 2.13. The number of rotatable bonds is 5. The lowest BCUT2D eigenvalue weighted by atomic mass is 10.2. The first kappa shape index (κ1) is 16.3. The third-order valence-corrected chi connectivity index (χ3v) is 4.48. The summed E-state index contributed by atoms with van der Waals surface area (Å²) in [4.78, 5) is 12.3. The van der Waals surface area contributed by atoms with E-state index in [1.54, 1.807) is 19.3 Å². The zero-order valence-electron chi connectivity index (χ0n) is 13.6. The summed E-state index contributed by atoms with van der Waals surface area (Å²) in [7, 11) is 0. The minimum atomic E-state index is -0.372. The van der Waals surface area contributed by atoms with Crippen molar-refractivity contribution in [1.82, 2.24) is 10.2 Å². The summed E-state index contributed by atoms with van der Waals surface area (Å²) in [6.07, 6.45) is 1.57. The number of anilines is 1. The average molecular weight is 343 g/mol. The molecule has 7 heteroatoms. The number of amides is 1. The van der Waals surface area contributed by atoms with E-state index < -0.39 is 0 Å². The minimum absolute atomic E-state index is 0.117. The topological polar surface area (TPSA) is 81.2 Å². The van der Waals surface area contributed by atoms with Crippen LogP contribution in [0.1, 0.15) is 18.2 Å². The van der Waals surface area contributed by atoms with Crippen LogP contribution in [0.15, 0.2) is 50.7 Å². The van der Waals surface area contributed by atoms with Crippen LogP contribution < -0.4 is 5.32 Å². The van der Waals surface area contributed by atoms with Gasteiger partial charge in [-0.1, -0.05) is 30.0 Å². The summed E-state index contributed by atoms with van der Waals surface area (Å²) in [5.41, 5.74) is 2.57. The van der Waals surface area contributed by atoms with Gasteiger partial charge in [-0.05, 0) is 38.5 Å². The van der Waals surface area contributed by atoms with Crippen molar-refractivity contribution in [2.45, 2.75) is 31.2 Å². The van der Waals surface area contributed by atoms with Crippen LogP contribution in [0, 0.1) is 13.8 Å². The summed E-state index contributed by atoms with van der Waals surface area (Å²) >= 11 is 1.22. The fraction of sp³-hybridized carbons (Fsp3) is 0.235. The largest absolute Gasteiger partial charge is 0.469 e. The van der Waals surface area contributed by atoms with Crippen LogP contribution in [0.2, 0.25) is 0 Å². The van der Waals surface area contributed by atoms with Gasteiger partial charge in [0.05, 0.1) is 17.1 Å². The molecule has 3 rings (SSSR count). The first-order valence-electron chi connectivity index (χ1n) is 7.45. The van der Waals surface area contributed by atoms with E-state index in [-0.39, 0.29) is 11.2 Å². The Morgan fingerprint density at radius 2 is 2.00 bits per heavy atom. The smallest absolute Gasteiger partial charge is 0.277 e. The molecule has 1 aromatic carbocycles. The zero-order chi connectivity index (χ0) is 17.1. The predicted octanol–water partition coefficient (Wildman–Crippen LogP) is 4.07. The van der Waals surface area contributed by atoms with E-state index in [1.165, 1.54) is 11.8 Å². The van der Waals surface area contributed by atoms with Gasteiger partial charge in [-0.2, -0.15) is 0 Å². The van der Waals surface area contributed by atoms with Crippen molar-refractivity contribution in [1.29, 1.82) is 0 Å². The van der Waals surface area contributed by atoms with Gasteiger partial charge in [0.2, 0.25) is 5.91 Å². The molecule has 2 heterocycles. The first-order chi connectivity index (χ1) is 11.5. The number of para-hydroxylation sites is 1. The Hall–Kier alpha value is -2.54. The van der Waals surface area contributed by atoms with Gasteiger partial charge in [0.1, 0.15) is 5.76 Å². The van der Waals surface area contributed by atoms with Gasteiger partial charge in [0.25, 0.3) is 11.1 Å². The average Bonchev–Trinajstić information content (AvgIpc) is 3.18. The highest BCUT2D eigenvalue weighted by molar-refractivity contribution is 8.00. The summed E-state index contributed by atoms with van der Waals surface area (Å²) in [6, 6.07) is 9.41. The van der Waals surface area contributed by atoms with E-state index in [9.17, 15) is 4.79 Å². The number of aryl methyl sites for hydroxylation is 2. The number of carbonyl (C=O) groups is 1. The molecule has 1 amide bonds. The Kier molecular flexibility index (Phi) is 4.71. The first-order valence-corrected chi connectivity index (χ1v) is 8.33. The lowest BCUT2D eigenvalue weighted by molar-refractivity contribution is -0.115. The number of benzene rings is 1. The molecule has 1 atom stereocenters. The number of nitrogens with one attached hydrogen (secondary N) is 1.